The average Bonchev–Trinajstić information content (AvgIpc) is 3.25. The highest BCUT2D eigenvalue weighted by molar-refractivity contribution is 5.85. The van der Waals surface area contributed by atoms with Gasteiger partial charge in [-0.1, -0.05) is 62.4 Å². The van der Waals surface area contributed by atoms with Gasteiger partial charge in [-0.2, -0.15) is 0 Å². The van der Waals surface area contributed by atoms with Crippen LogP contribution in [0, 0.1) is 0 Å². The van der Waals surface area contributed by atoms with Gasteiger partial charge in [-0.3, -0.25) is 9.97 Å². The fraction of sp³-hybridized carbons (Fsp3) is 0.0833. The number of nitrogens with zero attached hydrogens (tertiary/aromatic N) is 3. The molecule has 3 aromatic carbocycles. The number of hydrogen-bond donors (Lipinski definition) is 0. The van der Waals surface area contributed by atoms with Crippen LogP contribution in [-0.2, 0) is 5.41 Å². The highest BCUT2D eigenvalue weighted by Crippen LogP contribution is 2.56. The van der Waals surface area contributed by atoms with Crippen LogP contribution in [0.15, 0.2) is 116 Å². The van der Waals surface area contributed by atoms with Crippen LogP contribution in [0.3, 0.4) is 0 Å². The largest absolute Gasteiger partial charge is 0.449 e. The fourth-order valence-corrected chi connectivity index (χ4v) is 6.00. The van der Waals surface area contributed by atoms with Crippen molar-refractivity contribution in [2.75, 3.05) is 0 Å². The molecule has 0 saturated carbocycles. The lowest BCUT2D eigenvalue weighted by atomic mass is 9.82. The van der Waals surface area contributed by atoms with E-state index in [0.717, 1.165) is 39.7 Å². The van der Waals surface area contributed by atoms with Gasteiger partial charge >= 0.3 is 0 Å². The maximum Gasteiger partial charge on any atom is 0.177 e. The summed E-state index contributed by atoms with van der Waals surface area (Å²) in [5.74, 6) is 2.79. The van der Waals surface area contributed by atoms with Gasteiger partial charge in [0, 0.05) is 23.4 Å². The minimum atomic E-state index is -0.118. The fourth-order valence-electron chi connectivity index (χ4n) is 6.00. The van der Waals surface area contributed by atoms with E-state index in [1.54, 1.807) is 12.4 Å². The summed E-state index contributed by atoms with van der Waals surface area (Å²) in [6.07, 6.45) is 3.56. The van der Waals surface area contributed by atoms with Gasteiger partial charge in [0.05, 0.1) is 22.8 Å². The maximum absolute atomic E-state index is 6.69. The number of fused-ring (bicyclic) bond motifs is 5. The van der Waals surface area contributed by atoms with E-state index in [4.69, 9.17) is 14.5 Å². The molecule has 5 nitrogen and oxygen atoms in total. The summed E-state index contributed by atoms with van der Waals surface area (Å²) in [6.45, 7) is 4.53. The second kappa shape index (κ2) is 8.86. The third kappa shape index (κ3) is 3.74. The summed E-state index contributed by atoms with van der Waals surface area (Å²) in [4.78, 5) is 14.0. The van der Waals surface area contributed by atoms with E-state index in [-0.39, 0.29) is 5.41 Å². The van der Waals surface area contributed by atoms with Crippen LogP contribution in [-0.4, -0.2) is 15.0 Å². The van der Waals surface area contributed by atoms with Gasteiger partial charge in [-0.25, -0.2) is 4.98 Å². The molecule has 3 aromatic heterocycles. The minimum Gasteiger partial charge on any atom is -0.449 e. The molecule has 2 aliphatic rings. The van der Waals surface area contributed by atoms with Gasteiger partial charge in [-0.15, -0.1) is 0 Å². The third-order valence-corrected chi connectivity index (χ3v) is 8.05. The summed E-state index contributed by atoms with van der Waals surface area (Å²) >= 11 is 0. The molecular weight excluding hydrogens is 506 g/mol. The number of rotatable bonds is 3. The van der Waals surface area contributed by atoms with Gasteiger partial charge in [0.15, 0.2) is 23.0 Å². The van der Waals surface area contributed by atoms with Crippen molar-refractivity contribution in [2.45, 2.75) is 19.3 Å². The van der Waals surface area contributed by atoms with Crippen molar-refractivity contribution in [3.63, 3.8) is 0 Å². The Labute approximate surface area is 238 Å². The van der Waals surface area contributed by atoms with E-state index in [9.17, 15) is 0 Å². The molecule has 0 N–H and O–H groups in total. The Bertz CT molecular complexity index is 1910. The molecule has 0 bridgehead atoms. The molecule has 1 aliphatic heterocycles. The number of para-hydroxylation sites is 1. The van der Waals surface area contributed by atoms with E-state index < -0.39 is 0 Å². The Morgan fingerprint density at radius 2 is 1.17 bits per heavy atom. The Morgan fingerprint density at radius 3 is 1.88 bits per heavy atom. The zero-order valence-electron chi connectivity index (χ0n) is 22.6. The van der Waals surface area contributed by atoms with E-state index in [2.05, 4.69) is 66.3 Å². The first kappa shape index (κ1) is 23.6. The van der Waals surface area contributed by atoms with Crippen molar-refractivity contribution in [3.8, 4) is 68.0 Å². The summed E-state index contributed by atoms with van der Waals surface area (Å²) < 4.78 is 13.2. The number of ether oxygens (including phenoxy) is 2. The highest BCUT2D eigenvalue weighted by Gasteiger charge is 2.37. The van der Waals surface area contributed by atoms with E-state index in [1.165, 1.54) is 22.3 Å². The first-order chi connectivity index (χ1) is 20.1. The third-order valence-electron chi connectivity index (χ3n) is 8.05. The van der Waals surface area contributed by atoms with Gasteiger partial charge in [0.2, 0.25) is 0 Å². The molecule has 0 amide bonds. The van der Waals surface area contributed by atoms with Crippen molar-refractivity contribution in [1.29, 1.82) is 0 Å². The molecule has 4 heterocycles. The summed E-state index contributed by atoms with van der Waals surface area (Å²) in [5.41, 5.74) is 9.82. The van der Waals surface area contributed by atoms with E-state index in [0.29, 0.717) is 17.2 Å². The van der Waals surface area contributed by atoms with Crippen LogP contribution in [0.25, 0.3) is 45.0 Å². The Morgan fingerprint density at radius 1 is 0.512 bits per heavy atom. The van der Waals surface area contributed by atoms with Crippen LogP contribution < -0.4 is 9.47 Å². The molecule has 0 unspecified atom stereocenters. The lowest BCUT2D eigenvalue weighted by Crippen LogP contribution is -2.15. The molecular formula is C36H25N3O2. The molecule has 0 atom stereocenters. The number of pyridine rings is 3. The molecule has 41 heavy (non-hydrogen) atoms. The lowest BCUT2D eigenvalue weighted by Gasteiger charge is -2.26. The van der Waals surface area contributed by atoms with Crippen LogP contribution in [0.1, 0.15) is 25.0 Å². The van der Waals surface area contributed by atoms with Crippen molar-refractivity contribution in [2.24, 2.45) is 0 Å². The quantitative estimate of drug-likeness (QED) is 0.228. The second-order valence-electron chi connectivity index (χ2n) is 10.9. The van der Waals surface area contributed by atoms with Gasteiger partial charge in [0.25, 0.3) is 0 Å². The second-order valence-corrected chi connectivity index (χ2v) is 10.9. The molecule has 8 rings (SSSR count). The normalized spacial score (nSPS) is 13.7. The highest BCUT2D eigenvalue weighted by atomic mass is 16.6. The Hall–Kier alpha value is -5.29. The van der Waals surface area contributed by atoms with E-state index >= 15 is 0 Å². The molecule has 5 heteroatoms. The van der Waals surface area contributed by atoms with Crippen LogP contribution in [0.2, 0.25) is 0 Å². The topological polar surface area (TPSA) is 57.1 Å². The number of hydrogen-bond acceptors (Lipinski definition) is 5. The predicted octanol–water partition coefficient (Wildman–Crippen LogP) is 9.08. The van der Waals surface area contributed by atoms with Crippen LogP contribution in [0.5, 0.6) is 23.0 Å². The molecule has 0 spiro atoms. The van der Waals surface area contributed by atoms with Crippen LogP contribution >= 0.6 is 0 Å². The SMILES string of the molecule is CC1(C)c2ccccc2-c2cc3c(cc21)Oc1cccc(-c2cc(-c4ccccn4)nc(-c4ccccn4)c2)c1O3. The zero-order valence-corrected chi connectivity index (χ0v) is 22.6. The summed E-state index contributed by atoms with van der Waals surface area (Å²) in [5, 5.41) is 0. The van der Waals surface area contributed by atoms with Crippen molar-refractivity contribution >= 4 is 0 Å². The van der Waals surface area contributed by atoms with Crippen LogP contribution in [0.4, 0.5) is 0 Å². The first-order valence-electron chi connectivity index (χ1n) is 13.7. The van der Waals surface area contributed by atoms with Crippen molar-refractivity contribution in [3.05, 3.63) is 127 Å². The Kier molecular flexibility index (Phi) is 5.10. The van der Waals surface area contributed by atoms with Gasteiger partial charge < -0.3 is 9.47 Å². The molecule has 6 aromatic rings. The molecule has 0 radical (unpaired) electrons. The van der Waals surface area contributed by atoms with Gasteiger partial charge in [-0.05, 0) is 82.4 Å². The molecule has 0 saturated heterocycles. The standard InChI is InChI=1S/C36H25N3O2/c1-36(2)26-12-4-3-10-24(26)25-20-33-34(21-27(25)36)40-32-15-9-11-23(35(32)41-33)22-18-30(28-13-5-7-16-37-28)39-31(19-22)29-14-6-8-17-38-29/h3-21H,1-2H3. The molecule has 196 valence electrons. The zero-order chi connectivity index (χ0) is 27.6. The van der Waals surface area contributed by atoms with E-state index in [1.807, 2.05) is 60.7 Å². The minimum absolute atomic E-state index is 0.118. The summed E-state index contributed by atoms with van der Waals surface area (Å²) in [6, 6.07) is 34.6. The average molecular weight is 532 g/mol. The first-order valence-corrected chi connectivity index (χ1v) is 13.7. The molecule has 0 fully saturated rings. The smallest absolute Gasteiger partial charge is 0.177 e. The van der Waals surface area contributed by atoms with Gasteiger partial charge in [0.1, 0.15) is 0 Å². The monoisotopic (exact) mass is 531 g/mol. The Balaban J connectivity index is 1.27. The number of benzene rings is 3. The maximum atomic E-state index is 6.69. The molecule has 1 aliphatic carbocycles. The van der Waals surface area contributed by atoms with Crippen molar-refractivity contribution in [1.82, 2.24) is 15.0 Å². The lowest BCUT2D eigenvalue weighted by molar-refractivity contribution is 0.360. The summed E-state index contributed by atoms with van der Waals surface area (Å²) in [7, 11) is 0. The van der Waals surface area contributed by atoms with Crippen molar-refractivity contribution < 1.29 is 9.47 Å². The predicted molar refractivity (Wildman–Crippen MR) is 160 cm³/mol. The number of aromatic nitrogens is 3.